The van der Waals surface area contributed by atoms with Gasteiger partial charge in [0.25, 0.3) is 0 Å². The van der Waals surface area contributed by atoms with Crippen molar-refractivity contribution in [2.24, 2.45) is 0 Å². The van der Waals surface area contributed by atoms with Crippen molar-refractivity contribution >= 4 is 54.3 Å². The lowest BCUT2D eigenvalue weighted by atomic mass is 9.85. The van der Waals surface area contributed by atoms with Gasteiger partial charge in [-0.15, -0.1) is 0 Å². The summed E-state index contributed by atoms with van der Waals surface area (Å²) < 4.78 is 164. The van der Waals surface area contributed by atoms with Crippen LogP contribution in [0.1, 0.15) is 24.7 Å². The van der Waals surface area contributed by atoms with Gasteiger partial charge in [0.2, 0.25) is 0 Å². The van der Waals surface area contributed by atoms with E-state index in [2.05, 4.69) is 0 Å². The molecule has 8 aromatic carbocycles. The van der Waals surface area contributed by atoms with Gasteiger partial charge in [0.05, 0.1) is 24.7 Å². The summed E-state index contributed by atoms with van der Waals surface area (Å²) in [6, 6.07) is 2.91. The normalized spacial score (nSPS) is 17.6. The molecule has 0 amide bonds. The summed E-state index contributed by atoms with van der Waals surface area (Å²) in [5.74, 6) is 0. The fraction of sp³-hybridized carbons (Fsp3) is 0. The van der Waals surface area contributed by atoms with Gasteiger partial charge in [0, 0.05) is 10.8 Å². The van der Waals surface area contributed by atoms with E-state index in [1.807, 2.05) is 0 Å². The topological polar surface area (TPSA) is 13.1 Å². The molecule has 1 heteroatoms. The Kier molecular flexibility index (Phi) is 2.70. The van der Waals surface area contributed by atoms with Gasteiger partial charge in [-0.2, -0.15) is 0 Å². The molecule has 0 N–H and O–H groups in total. The maximum absolute atomic E-state index is 9.70. The first kappa shape index (κ1) is 12.3. The van der Waals surface area contributed by atoms with E-state index < -0.39 is 125 Å². The van der Waals surface area contributed by atoms with Gasteiger partial charge < -0.3 is 4.42 Å². The molecule has 0 aliphatic heterocycles. The smallest absolute Gasteiger partial charge is 0.136 e. The third-order valence-electron chi connectivity index (χ3n) is 7.44. The standard InChI is InChI=1S/C42H26O/c1-2-10-27(11-3-1)30-20-22-33-38-25-32(21-23-39(38)43-40(33)26-30)42-36-16-8-6-14-34(36)41(35-15-7-9-17-37(35)42)31-19-18-28-12-4-5-13-29(28)24-31/h1-26H/i1D,2D,3D,4D,5D,10D,11D,12D,13D,18D,19D,20D,21D,22D,23D,24D,25D,26D. The van der Waals surface area contributed by atoms with E-state index >= 15 is 0 Å². The summed E-state index contributed by atoms with van der Waals surface area (Å²) in [5.41, 5.74) is -1.36. The van der Waals surface area contributed by atoms with Crippen molar-refractivity contribution in [3.05, 3.63) is 157 Å². The molecular formula is C42H26O. The predicted molar refractivity (Wildman–Crippen MR) is 183 cm³/mol. The second-order valence-corrected chi connectivity index (χ2v) is 9.85. The average Bonchev–Trinajstić information content (AvgIpc) is 3.66. The number of benzene rings is 8. The third kappa shape index (κ3) is 3.79. The van der Waals surface area contributed by atoms with Crippen LogP contribution >= 0.6 is 0 Å². The fourth-order valence-corrected chi connectivity index (χ4v) is 5.59. The first-order valence-corrected chi connectivity index (χ1v) is 13.3. The van der Waals surface area contributed by atoms with Crippen LogP contribution in [0.3, 0.4) is 0 Å². The molecule has 0 atom stereocenters. The largest absolute Gasteiger partial charge is 0.456 e. The summed E-state index contributed by atoms with van der Waals surface area (Å²) in [5, 5.41) is 0.611. The Bertz CT molecular complexity index is 3430. The van der Waals surface area contributed by atoms with E-state index in [0.717, 1.165) is 0 Å². The quantitative estimate of drug-likeness (QED) is 0.195. The molecule has 0 fully saturated rings. The lowest BCUT2D eigenvalue weighted by Crippen LogP contribution is -1.91. The fourth-order valence-electron chi connectivity index (χ4n) is 5.59. The van der Waals surface area contributed by atoms with Crippen LogP contribution in [0.5, 0.6) is 0 Å². The van der Waals surface area contributed by atoms with Crippen LogP contribution in [0, 0.1) is 0 Å². The van der Waals surface area contributed by atoms with E-state index in [1.165, 1.54) is 0 Å². The lowest BCUT2D eigenvalue weighted by Gasteiger charge is -2.18. The number of rotatable bonds is 3. The van der Waals surface area contributed by atoms with Crippen molar-refractivity contribution in [2.45, 2.75) is 0 Å². The highest BCUT2D eigenvalue weighted by Gasteiger charge is 2.18. The Morgan fingerprint density at radius 3 is 1.65 bits per heavy atom. The summed E-state index contributed by atoms with van der Waals surface area (Å²) in [6.45, 7) is 0. The van der Waals surface area contributed by atoms with Crippen LogP contribution < -0.4 is 0 Å². The van der Waals surface area contributed by atoms with Gasteiger partial charge in [0.1, 0.15) is 11.2 Å². The van der Waals surface area contributed by atoms with Gasteiger partial charge in [-0.25, -0.2) is 0 Å². The number of fused-ring (bicyclic) bond motifs is 6. The minimum absolute atomic E-state index is 0.0872. The molecule has 0 radical (unpaired) electrons. The van der Waals surface area contributed by atoms with E-state index in [1.54, 1.807) is 48.5 Å². The molecule has 0 saturated carbocycles. The number of furan rings is 1. The van der Waals surface area contributed by atoms with E-state index in [4.69, 9.17) is 22.2 Å². The molecule has 0 bridgehead atoms. The monoisotopic (exact) mass is 564 g/mol. The Morgan fingerprint density at radius 2 is 0.953 bits per heavy atom. The lowest BCUT2D eigenvalue weighted by molar-refractivity contribution is 0.669. The maximum Gasteiger partial charge on any atom is 0.136 e. The Balaban J connectivity index is 1.42. The highest BCUT2D eigenvalue weighted by atomic mass is 16.3. The molecular weight excluding hydrogens is 520 g/mol. The predicted octanol–water partition coefficient (Wildman–Crippen LogP) is 12.0. The molecule has 1 nitrogen and oxygen atoms in total. The van der Waals surface area contributed by atoms with Gasteiger partial charge in [0.15, 0.2) is 0 Å². The van der Waals surface area contributed by atoms with Crippen molar-refractivity contribution in [1.29, 1.82) is 0 Å². The second-order valence-electron chi connectivity index (χ2n) is 9.85. The average molecular weight is 565 g/mol. The zero-order valence-electron chi connectivity index (χ0n) is 40.0. The summed E-state index contributed by atoms with van der Waals surface area (Å²) in [6.07, 6.45) is 0. The Hall–Kier alpha value is -5.66. The Morgan fingerprint density at radius 1 is 0.372 bits per heavy atom. The SMILES string of the molecule is [2H]c1c([2H])c([2H])c(-c2c([2H])c([2H])c3c(oc4c([2H])c([2H])c(-c5c6ccccc6c(-c6c([2H])c([2H])c7c([2H])c([2H])c([2H])c([2H])c7c6[2H])c6ccccc56)c([2H])c43)c2[2H])c([2H])c1[2H]. The minimum atomic E-state index is -0.714. The van der Waals surface area contributed by atoms with Crippen LogP contribution in [-0.4, -0.2) is 0 Å². The van der Waals surface area contributed by atoms with Gasteiger partial charge in [-0.1, -0.05) is 127 Å². The van der Waals surface area contributed by atoms with Crippen LogP contribution in [0.25, 0.3) is 87.6 Å². The van der Waals surface area contributed by atoms with Crippen molar-refractivity contribution in [3.8, 4) is 33.4 Å². The molecule has 0 aliphatic rings. The van der Waals surface area contributed by atoms with Crippen molar-refractivity contribution in [1.82, 2.24) is 0 Å². The van der Waals surface area contributed by atoms with Crippen molar-refractivity contribution in [2.75, 3.05) is 0 Å². The molecule has 43 heavy (non-hydrogen) atoms. The Labute approximate surface area is 274 Å². The molecule has 0 aliphatic carbocycles. The molecule has 0 spiro atoms. The number of hydrogen-bond donors (Lipinski definition) is 0. The van der Waals surface area contributed by atoms with Gasteiger partial charge in [-0.05, 0) is 95.9 Å². The van der Waals surface area contributed by atoms with E-state index in [-0.39, 0.29) is 49.4 Å². The maximum atomic E-state index is 9.70. The van der Waals surface area contributed by atoms with Gasteiger partial charge >= 0.3 is 0 Å². The van der Waals surface area contributed by atoms with Crippen LogP contribution in [0.4, 0.5) is 0 Å². The third-order valence-corrected chi connectivity index (χ3v) is 7.44. The number of hydrogen-bond acceptors (Lipinski definition) is 1. The molecule has 1 heterocycles. The van der Waals surface area contributed by atoms with Gasteiger partial charge in [-0.3, -0.25) is 0 Å². The molecule has 200 valence electrons. The highest BCUT2D eigenvalue weighted by molar-refractivity contribution is 6.22. The van der Waals surface area contributed by atoms with E-state index in [0.29, 0.717) is 21.5 Å². The minimum Gasteiger partial charge on any atom is -0.456 e. The summed E-state index contributed by atoms with van der Waals surface area (Å²) >= 11 is 0. The molecule has 9 rings (SSSR count). The highest BCUT2D eigenvalue weighted by Crippen LogP contribution is 2.45. The van der Waals surface area contributed by atoms with Crippen molar-refractivity contribution < 1.29 is 29.1 Å². The first-order valence-electron chi connectivity index (χ1n) is 22.3. The molecule has 9 aromatic rings. The molecule has 0 unspecified atom stereocenters. The summed E-state index contributed by atoms with van der Waals surface area (Å²) in [7, 11) is 0. The van der Waals surface area contributed by atoms with Crippen LogP contribution in [0.2, 0.25) is 0 Å². The second kappa shape index (κ2) is 9.44. The molecule has 1 aromatic heterocycles. The van der Waals surface area contributed by atoms with Crippen LogP contribution in [-0.2, 0) is 0 Å². The van der Waals surface area contributed by atoms with Crippen LogP contribution in [0.15, 0.2) is 162 Å². The first-order chi connectivity index (χ1) is 28.8. The zero-order chi connectivity index (χ0) is 44.0. The van der Waals surface area contributed by atoms with E-state index in [9.17, 15) is 6.85 Å². The zero-order valence-corrected chi connectivity index (χ0v) is 22.0. The summed E-state index contributed by atoms with van der Waals surface area (Å²) in [4.78, 5) is 0. The molecule has 0 saturated heterocycles. The van der Waals surface area contributed by atoms with Crippen molar-refractivity contribution in [3.63, 3.8) is 0 Å².